The molecule has 24 heavy (non-hydrogen) atoms. The van der Waals surface area contributed by atoms with Crippen molar-refractivity contribution in [2.24, 2.45) is 0 Å². The fraction of sp³-hybridized carbons (Fsp3) is 0.235. The summed E-state index contributed by atoms with van der Waals surface area (Å²) in [6.07, 6.45) is 1.44. The molecule has 0 aliphatic heterocycles. The number of carbonyl (C=O) groups excluding carboxylic acids is 1. The molecule has 2 heterocycles. The molecule has 0 aliphatic carbocycles. The second-order valence-electron chi connectivity index (χ2n) is 5.65. The topological polar surface area (TPSA) is 64.0 Å². The highest BCUT2D eigenvalue weighted by Crippen LogP contribution is 2.25. The number of aryl methyl sites for hydroxylation is 3. The zero-order valence-electron chi connectivity index (χ0n) is 13.5. The van der Waals surface area contributed by atoms with Crippen LogP contribution < -0.4 is 10.9 Å². The van der Waals surface area contributed by atoms with Crippen LogP contribution in [0.2, 0.25) is 0 Å². The number of nitrogens with zero attached hydrogens (tertiary/aromatic N) is 2. The van der Waals surface area contributed by atoms with Crippen molar-refractivity contribution in [1.82, 2.24) is 9.55 Å². The normalized spacial score (nSPS) is 11.0. The number of thiophene rings is 1. The third-order valence-electron chi connectivity index (χ3n) is 3.91. The van der Waals surface area contributed by atoms with Crippen LogP contribution in [-0.2, 0) is 11.3 Å². The summed E-state index contributed by atoms with van der Waals surface area (Å²) in [4.78, 5) is 30.9. The number of fused-ring (bicyclic) bond motifs is 1. The summed E-state index contributed by atoms with van der Waals surface area (Å²) in [5.74, 6) is -0.260. The van der Waals surface area contributed by atoms with Crippen LogP contribution in [-0.4, -0.2) is 15.5 Å². The summed E-state index contributed by atoms with van der Waals surface area (Å²) in [5, 5.41) is 3.41. The second-order valence-corrected chi connectivity index (χ2v) is 7.71. The lowest BCUT2D eigenvalue weighted by atomic mass is 10.2. The molecule has 3 aromatic rings. The maximum Gasteiger partial charge on any atom is 0.262 e. The zero-order chi connectivity index (χ0) is 17.4. The molecule has 124 valence electrons. The first-order chi connectivity index (χ1) is 11.4. The van der Waals surface area contributed by atoms with E-state index in [2.05, 4.69) is 26.2 Å². The molecular weight excluding hydrogens is 390 g/mol. The number of halogens is 1. The molecule has 0 radical (unpaired) electrons. The van der Waals surface area contributed by atoms with E-state index in [4.69, 9.17) is 0 Å². The monoisotopic (exact) mass is 405 g/mol. The van der Waals surface area contributed by atoms with Crippen molar-refractivity contribution in [2.75, 3.05) is 5.32 Å². The van der Waals surface area contributed by atoms with Gasteiger partial charge in [0.2, 0.25) is 5.91 Å². The van der Waals surface area contributed by atoms with E-state index >= 15 is 0 Å². The summed E-state index contributed by atoms with van der Waals surface area (Å²) in [6, 6.07) is 5.56. The number of hydrogen-bond acceptors (Lipinski definition) is 4. The number of nitrogens with one attached hydrogen (secondary N) is 1. The maximum atomic E-state index is 12.6. The minimum atomic E-state index is -0.260. The Morgan fingerprint density at radius 3 is 2.79 bits per heavy atom. The largest absolute Gasteiger partial charge is 0.325 e. The highest BCUT2D eigenvalue weighted by atomic mass is 79.9. The number of anilines is 1. The van der Waals surface area contributed by atoms with Crippen LogP contribution in [0.4, 0.5) is 5.69 Å². The van der Waals surface area contributed by atoms with Crippen molar-refractivity contribution in [3.63, 3.8) is 0 Å². The molecule has 1 amide bonds. The summed E-state index contributed by atoms with van der Waals surface area (Å²) in [6.45, 7) is 5.76. The first-order valence-electron chi connectivity index (χ1n) is 7.38. The maximum absolute atomic E-state index is 12.6. The van der Waals surface area contributed by atoms with Crippen molar-refractivity contribution in [3.8, 4) is 0 Å². The van der Waals surface area contributed by atoms with E-state index < -0.39 is 0 Å². The Morgan fingerprint density at radius 2 is 2.08 bits per heavy atom. The lowest BCUT2D eigenvalue weighted by molar-refractivity contribution is -0.116. The van der Waals surface area contributed by atoms with Gasteiger partial charge in [-0.25, -0.2) is 4.98 Å². The molecule has 0 aliphatic rings. The van der Waals surface area contributed by atoms with Crippen LogP contribution in [0.5, 0.6) is 0 Å². The SMILES string of the molecule is Cc1cc(NC(=O)Cn2cnc3sc(C)c(C)c3c2=O)ccc1Br. The van der Waals surface area contributed by atoms with Crippen LogP contribution >= 0.6 is 27.3 Å². The minimum absolute atomic E-state index is 0.0643. The quantitative estimate of drug-likeness (QED) is 0.720. The van der Waals surface area contributed by atoms with Crippen LogP contribution in [0.25, 0.3) is 10.2 Å². The van der Waals surface area contributed by atoms with Crippen LogP contribution in [0.3, 0.4) is 0 Å². The van der Waals surface area contributed by atoms with Gasteiger partial charge in [0, 0.05) is 15.0 Å². The van der Waals surface area contributed by atoms with E-state index in [0.29, 0.717) is 11.1 Å². The molecule has 3 rings (SSSR count). The number of rotatable bonds is 3. The van der Waals surface area contributed by atoms with Gasteiger partial charge in [-0.1, -0.05) is 15.9 Å². The molecule has 0 spiro atoms. The van der Waals surface area contributed by atoms with E-state index in [1.807, 2.05) is 39.0 Å². The van der Waals surface area contributed by atoms with Gasteiger partial charge in [0.05, 0.1) is 11.7 Å². The van der Waals surface area contributed by atoms with Crippen molar-refractivity contribution >= 4 is 49.1 Å². The highest BCUT2D eigenvalue weighted by Gasteiger charge is 2.14. The Kier molecular flexibility index (Phi) is 4.56. The molecule has 7 heteroatoms. The number of carbonyl (C=O) groups is 1. The molecule has 1 aromatic carbocycles. The van der Waals surface area contributed by atoms with Crippen LogP contribution in [0, 0.1) is 20.8 Å². The van der Waals surface area contributed by atoms with Crippen molar-refractivity contribution in [1.29, 1.82) is 0 Å². The van der Waals surface area contributed by atoms with Gasteiger partial charge in [-0.3, -0.25) is 14.2 Å². The standard InChI is InChI=1S/C17H16BrN3O2S/c1-9-6-12(4-5-13(9)18)20-14(22)7-21-8-19-16-15(17(21)23)10(2)11(3)24-16/h4-6,8H,7H2,1-3H3,(H,20,22). The third kappa shape index (κ3) is 3.14. The molecule has 0 saturated heterocycles. The fourth-order valence-electron chi connectivity index (χ4n) is 2.46. The van der Waals surface area contributed by atoms with Crippen molar-refractivity contribution in [3.05, 3.63) is 55.4 Å². The summed E-state index contributed by atoms with van der Waals surface area (Å²) in [5.41, 5.74) is 2.48. The average molecular weight is 406 g/mol. The van der Waals surface area contributed by atoms with Gasteiger partial charge in [0.25, 0.3) is 5.56 Å². The third-order valence-corrected chi connectivity index (χ3v) is 5.92. The molecule has 0 fully saturated rings. The molecule has 5 nitrogen and oxygen atoms in total. The first kappa shape index (κ1) is 16.9. The smallest absolute Gasteiger partial charge is 0.262 e. The van der Waals surface area contributed by atoms with E-state index in [1.54, 1.807) is 0 Å². The Balaban J connectivity index is 1.85. The second kappa shape index (κ2) is 6.49. The van der Waals surface area contributed by atoms with E-state index in [1.165, 1.54) is 22.2 Å². The lowest BCUT2D eigenvalue weighted by Crippen LogP contribution is -2.27. The van der Waals surface area contributed by atoms with E-state index in [9.17, 15) is 9.59 Å². The Bertz CT molecular complexity index is 1010. The van der Waals surface area contributed by atoms with Gasteiger partial charge in [-0.15, -0.1) is 11.3 Å². The first-order valence-corrected chi connectivity index (χ1v) is 8.99. The summed E-state index contributed by atoms with van der Waals surface area (Å²) < 4.78 is 2.33. The van der Waals surface area contributed by atoms with Crippen LogP contribution in [0.1, 0.15) is 16.0 Å². The highest BCUT2D eigenvalue weighted by molar-refractivity contribution is 9.10. The number of aromatic nitrogens is 2. The molecule has 0 atom stereocenters. The number of benzene rings is 1. The Labute approximate surface area is 151 Å². The average Bonchev–Trinajstić information content (AvgIpc) is 2.81. The van der Waals surface area contributed by atoms with Gasteiger partial charge in [-0.05, 0) is 50.1 Å². The molecule has 2 aromatic heterocycles. The van der Waals surface area contributed by atoms with Gasteiger partial charge in [0.15, 0.2) is 0 Å². The molecule has 1 N–H and O–H groups in total. The Morgan fingerprint density at radius 1 is 1.33 bits per heavy atom. The minimum Gasteiger partial charge on any atom is -0.325 e. The molecule has 0 saturated carbocycles. The number of hydrogen-bond donors (Lipinski definition) is 1. The van der Waals surface area contributed by atoms with E-state index in [-0.39, 0.29) is 18.0 Å². The van der Waals surface area contributed by atoms with Crippen LogP contribution in [0.15, 0.2) is 33.8 Å². The predicted molar refractivity (Wildman–Crippen MR) is 101 cm³/mol. The Hall–Kier alpha value is -1.99. The predicted octanol–water partition coefficient (Wildman–Crippen LogP) is 3.78. The van der Waals surface area contributed by atoms with Crippen molar-refractivity contribution < 1.29 is 4.79 Å². The molecule has 0 bridgehead atoms. The lowest BCUT2D eigenvalue weighted by Gasteiger charge is -2.08. The van der Waals surface area contributed by atoms with Crippen molar-refractivity contribution in [2.45, 2.75) is 27.3 Å². The van der Waals surface area contributed by atoms with Gasteiger partial charge < -0.3 is 5.32 Å². The fourth-order valence-corrected chi connectivity index (χ4v) is 3.69. The van der Waals surface area contributed by atoms with E-state index in [0.717, 1.165) is 25.3 Å². The summed E-state index contributed by atoms with van der Waals surface area (Å²) >= 11 is 4.92. The number of amides is 1. The molecular formula is C17H16BrN3O2S. The molecule has 0 unspecified atom stereocenters. The zero-order valence-corrected chi connectivity index (χ0v) is 15.9. The van der Waals surface area contributed by atoms with Gasteiger partial charge in [-0.2, -0.15) is 0 Å². The van der Waals surface area contributed by atoms with Gasteiger partial charge >= 0.3 is 0 Å². The summed E-state index contributed by atoms with van der Waals surface area (Å²) in [7, 11) is 0. The van der Waals surface area contributed by atoms with Gasteiger partial charge in [0.1, 0.15) is 11.4 Å².